The first kappa shape index (κ1) is 51.1. The Morgan fingerprint density at radius 1 is 1.06 bits per heavy atom. The van der Waals surface area contributed by atoms with Crippen LogP contribution in [0.1, 0.15) is 52.3 Å². The molecule has 0 aliphatic carbocycles. The largest absolute Gasteiger partial charge is 0.485 e. The molecule has 5 N–H and O–H groups in total. The number of fused-ring (bicyclic) bond motifs is 1. The van der Waals surface area contributed by atoms with Crippen LogP contribution < -0.4 is 36.4 Å². The lowest BCUT2D eigenvalue weighted by molar-refractivity contribution is -0.109. The fourth-order valence-corrected chi connectivity index (χ4v) is 7.58. The van der Waals surface area contributed by atoms with Gasteiger partial charge in [0.15, 0.2) is 17.1 Å². The Labute approximate surface area is 386 Å². The third-order valence-electron chi connectivity index (χ3n) is 9.64. The molecule has 1 fully saturated rings. The highest BCUT2D eigenvalue weighted by Crippen LogP contribution is 2.32. The number of carbonyl (C=O) groups excluding carboxylic acids is 2. The van der Waals surface area contributed by atoms with Crippen molar-refractivity contribution in [2.75, 3.05) is 68.6 Å². The minimum Gasteiger partial charge on any atom is -0.485 e. The Bertz CT molecular complexity index is 2460. The van der Waals surface area contributed by atoms with Crippen LogP contribution in [0.4, 0.5) is 21.6 Å². The molecule has 0 unspecified atom stereocenters. The SMILES string of the molecule is C=Nn1cnc(/C(C=N)=C/N)c(OC(C)C)/c1=N/CNc1ccc(Sc2cccc(CN3CCN(c4ccc5c(N(C)CCC=O)nn(C)c5c4)CC3)c2)cc1F.CC(C)C.CNC=O. The molecule has 3 heterocycles. The molecule has 0 bridgehead atoms. The van der Waals surface area contributed by atoms with Gasteiger partial charge in [0.25, 0.3) is 0 Å². The van der Waals surface area contributed by atoms with Crippen molar-refractivity contribution in [3.8, 4) is 5.75 Å². The molecule has 0 radical (unpaired) electrons. The number of aromatic nitrogens is 4. The highest BCUT2D eigenvalue weighted by atomic mass is 32.2. The number of anilines is 3. The lowest BCUT2D eigenvalue weighted by atomic mass is 10.1. The van der Waals surface area contributed by atoms with Gasteiger partial charge in [-0.1, -0.05) is 44.7 Å². The number of amides is 1. The van der Waals surface area contributed by atoms with Crippen molar-refractivity contribution in [1.29, 1.82) is 5.41 Å². The number of rotatable bonds is 18. The number of aldehydes is 1. The van der Waals surface area contributed by atoms with E-state index in [9.17, 15) is 4.79 Å². The molecule has 65 heavy (non-hydrogen) atoms. The summed E-state index contributed by atoms with van der Waals surface area (Å²) in [4.78, 5) is 37.6. The van der Waals surface area contributed by atoms with Crippen molar-refractivity contribution in [2.45, 2.75) is 63.5 Å². The normalized spacial score (nSPS) is 13.1. The monoisotopic (exact) mass is 909 g/mol. The molecule has 5 aromatic rings. The zero-order valence-electron chi connectivity index (χ0n) is 38.8. The molecule has 0 saturated carbocycles. The summed E-state index contributed by atoms with van der Waals surface area (Å²) in [5.74, 6) is 1.59. The van der Waals surface area contributed by atoms with Gasteiger partial charge in [-0.15, -0.1) is 0 Å². The standard InChI is InChI=1S/C41H49FN12O2S.C4H10.C2H5NO/c1-28(2)56-39-38(30(23-43)24-44)48-27-54(45-3)41(39)47-26-46-36-13-11-33(22-35(36)42)57-32-9-6-8-29(20-32)25-52-15-17-53(18-16-52)31-10-12-34-37(21-31)51(5)49-40(34)50(4)14-7-19-55;1-4(2)3;1-3-2-4/h6,8-13,19-24,27-28,43,46H,3,7,14-18,25-26,44H2,1-2,4-5H3;4H,1-3H3;2H,1H3,(H,3,4)/b30-24+,43-23?,47-41-;;. The number of nitrogens with zero attached hydrogens (tertiary/aromatic N) is 9. The molecule has 2 aromatic heterocycles. The Morgan fingerprint density at radius 3 is 2.38 bits per heavy atom. The molecule has 0 spiro atoms. The van der Waals surface area contributed by atoms with Gasteiger partial charge in [0.1, 0.15) is 30.8 Å². The van der Waals surface area contributed by atoms with E-state index in [-0.39, 0.29) is 18.5 Å². The van der Waals surface area contributed by atoms with Crippen LogP contribution in [0.25, 0.3) is 16.5 Å². The highest BCUT2D eigenvalue weighted by molar-refractivity contribution is 7.99. The van der Waals surface area contributed by atoms with E-state index in [0.717, 1.165) is 77.7 Å². The Balaban J connectivity index is 0.00000107. The molecule has 1 amide bonds. The summed E-state index contributed by atoms with van der Waals surface area (Å²) in [6.07, 6.45) is 5.56. The molecule has 1 aliphatic rings. The number of hydrogen-bond donors (Lipinski definition) is 4. The van der Waals surface area contributed by atoms with Crippen LogP contribution in [0.3, 0.4) is 0 Å². The van der Waals surface area contributed by atoms with Gasteiger partial charge < -0.3 is 41.1 Å². The fraction of sp³-hybridized carbons (Fsp3) is 0.383. The zero-order valence-corrected chi connectivity index (χ0v) is 39.6. The van der Waals surface area contributed by atoms with E-state index in [1.807, 2.05) is 49.7 Å². The lowest BCUT2D eigenvalue weighted by Gasteiger charge is -2.36. The summed E-state index contributed by atoms with van der Waals surface area (Å²) >= 11 is 1.51. The van der Waals surface area contributed by atoms with Gasteiger partial charge in [-0.3, -0.25) is 14.4 Å². The number of aryl methyl sites for hydroxylation is 1. The van der Waals surface area contributed by atoms with Gasteiger partial charge >= 0.3 is 0 Å². The molecule has 16 nitrogen and oxygen atoms in total. The van der Waals surface area contributed by atoms with Crippen molar-refractivity contribution < 1.29 is 18.7 Å². The van der Waals surface area contributed by atoms with Crippen molar-refractivity contribution in [3.05, 3.63) is 95.8 Å². The lowest BCUT2D eigenvalue weighted by Crippen LogP contribution is -2.45. The van der Waals surface area contributed by atoms with Gasteiger partial charge in [0.2, 0.25) is 6.41 Å². The second-order valence-electron chi connectivity index (χ2n) is 16.0. The number of allylic oxidation sites excluding steroid dienone is 1. The first-order valence-corrected chi connectivity index (χ1v) is 22.3. The van der Waals surface area contributed by atoms with E-state index in [0.29, 0.717) is 41.8 Å². The van der Waals surface area contributed by atoms with Gasteiger partial charge in [-0.25, -0.2) is 19.0 Å². The predicted octanol–water partition coefficient (Wildman–Crippen LogP) is 6.60. The van der Waals surface area contributed by atoms with Crippen LogP contribution in [0.15, 0.2) is 93.1 Å². The quantitative estimate of drug-likeness (QED) is 0.0548. The highest BCUT2D eigenvalue weighted by Gasteiger charge is 2.21. The molecule has 0 atom stereocenters. The third kappa shape index (κ3) is 14.8. The number of nitrogens with one attached hydrogen (secondary N) is 3. The zero-order chi connectivity index (χ0) is 47.5. The maximum atomic E-state index is 15.4. The van der Waals surface area contributed by atoms with E-state index in [2.05, 4.69) is 99.4 Å². The summed E-state index contributed by atoms with van der Waals surface area (Å²) in [7, 11) is 5.49. The molecule has 348 valence electrons. The van der Waals surface area contributed by atoms with E-state index in [1.54, 1.807) is 13.1 Å². The fourth-order valence-electron chi connectivity index (χ4n) is 6.65. The minimum atomic E-state index is -0.407. The summed E-state index contributed by atoms with van der Waals surface area (Å²) in [5.41, 5.74) is 10.5. The van der Waals surface area contributed by atoms with Crippen molar-refractivity contribution in [1.82, 2.24) is 29.7 Å². The topological polar surface area (TPSA) is 187 Å². The first-order valence-electron chi connectivity index (χ1n) is 21.5. The van der Waals surface area contributed by atoms with Crippen LogP contribution in [0.2, 0.25) is 0 Å². The number of benzene rings is 3. The van der Waals surface area contributed by atoms with E-state index in [1.165, 1.54) is 46.3 Å². The summed E-state index contributed by atoms with van der Waals surface area (Å²) in [6, 6.07) is 20.0. The molecule has 1 aliphatic heterocycles. The van der Waals surface area contributed by atoms with Crippen molar-refractivity contribution in [3.63, 3.8) is 0 Å². The summed E-state index contributed by atoms with van der Waals surface area (Å²) in [5, 5.41) is 22.8. The third-order valence-corrected chi connectivity index (χ3v) is 10.6. The second kappa shape index (κ2) is 25.7. The Hall–Kier alpha value is -6.53. The summed E-state index contributed by atoms with van der Waals surface area (Å²) < 4.78 is 24.7. The van der Waals surface area contributed by atoms with Crippen molar-refractivity contribution >= 4 is 71.1 Å². The first-order chi connectivity index (χ1) is 31.3. The van der Waals surface area contributed by atoms with E-state index >= 15 is 4.39 Å². The number of hydrogen-bond acceptors (Lipinski definition) is 14. The minimum absolute atomic E-state index is 0.00192. The van der Waals surface area contributed by atoms with Crippen LogP contribution in [0.5, 0.6) is 5.75 Å². The number of piperazine rings is 1. The van der Waals surface area contributed by atoms with Gasteiger partial charge in [0, 0.05) is 112 Å². The number of ether oxygens (including phenoxy) is 1. The van der Waals surface area contributed by atoms with Crippen LogP contribution >= 0.6 is 11.8 Å². The van der Waals surface area contributed by atoms with Gasteiger partial charge in [-0.2, -0.15) is 10.2 Å². The number of nitrogens with two attached hydrogens (primary N) is 1. The molecule has 6 rings (SSSR count). The number of carbonyl (C=O) groups is 2. The predicted molar refractivity (Wildman–Crippen MR) is 263 cm³/mol. The van der Waals surface area contributed by atoms with Crippen LogP contribution in [-0.4, -0.2) is 110 Å². The molecule has 18 heteroatoms. The summed E-state index contributed by atoms with van der Waals surface area (Å²) in [6.45, 7) is 19.0. The van der Waals surface area contributed by atoms with Crippen LogP contribution in [0, 0.1) is 17.1 Å². The smallest absolute Gasteiger partial charge is 0.206 e. The van der Waals surface area contributed by atoms with Crippen LogP contribution in [-0.2, 0) is 23.2 Å². The maximum absolute atomic E-state index is 15.4. The van der Waals surface area contributed by atoms with Gasteiger partial charge in [-0.05, 0) is 73.9 Å². The van der Waals surface area contributed by atoms with E-state index < -0.39 is 5.82 Å². The molecule has 3 aromatic carbocycles. The van der Waals surface area contributed by atoms with Gasteiger partial charge in [0.05, 0.1) is 17.3 Å². The maximum Gasteiger partial charge on any atom is 0.206 e. The Kier molecular flexibility index (Phi) is 20.2. The molecular weight excluding hydrogens is 846 g/mol. The van der Waals surface area contributed by atoms with Crippen molar-refractivity contribution in [2.24, 2.45) is 28.8 Å². The van der Waals surface area contributed by atoms with E-state index in [4.69, 9.17) is 25.8 Å². The average Bonchev–Trinajstić information content (AvgIpc) is 3.62. The number of halogens is 1. The second-order valence-corrected chi connectivity index (χ2v) is 17.1. The molecular formula is C47H64FN13O3S. The average molecular weight is 910 g/mol. The Morgan fingerprint density at radius 2 is 1.77 bits per heavy atom. The molecule has 1 saturated heterocycles.